The van der Waals surface area contributed by atoms with Crippen LogP contribution in [0.4, 0.5) is 5.69 Å². The number of nitrogens with zero attached hydrogens (tertiary/aromatic N) is 3. The first-order valence-corrected chi connectivity index (χ1v) is 6.49. The Kier molecular flexibility index (Phi) is 3.86. The second-order valence-corrected chi connectivity index (χ2v) is 4.35. The lowest BCUT2D eigenvalue weighted by Crippen LogP contribution is -1.96. The van der Waals surface area contributed by atoms with Gasteiger partial charge >= 0.3 is 0 Å². The summed E-state index contributed by atoms with van der Waals surface area (Å²) in [4.78, 5) is 29.4. The third-order valence-corrected chi connectivity index (χ3v) is 3.02. The van der Waals surface area contributed by atoms with Crippen molar-refractivity contribution in [3.63, 3.8) is 0 Å². The van der Waals surface area contributed by atoms with Crippen LogP contribution in [0.15, 0.2) is 35.6 Å². The summed E-state index contributed by atoms with van der Waals surface area (Å²) < 4.78 is 0. The number of benzene rings is 1. The van der Waals surface area contributed by atoms with Crippen molar-refractivity contribution < 1.29 is 9.72 Å². The number of aldehydes is 1. The number of carbonyl (C=O) groups excluding carboxylic acids is 1. The van der Waals surface area contributed by atoms with Crippen molar-refractivity contribution in [3.05, 3.63) is 46.1 Å². The highest BCUT2D eigenvalue weighted by molar-refractivity contribution is 7.98. The van der Waals surface area contributed by atoms with Gasteiger partial charge in [-0.25, -0.2) is 9.97 Å². The van der Waals surface area contributed by atoms with E-state index < -0.39 is 4.92 Å². The molecule has 0 aliphatic rings. The Morgan fingerprint density at radius 2 is 2.16 bits per heavy atom. The molecule has 0 fully saturated rings. The van der Waals surface area contributed by atoms with Crippen LogP contribution in [0.25, 0.3) is 11.3 Å². The highest BCUT2D eigenvalue weighted by Gasteiger charge is 2.14. The predicted octanol–water partition coefficient (Wildman–Crippen LogP) is 2.59. The molecule has 1 heterocycles. The second-order valence-electron chi connectivity index (χ2n) is 3.58. The molecule has 0 spiro atoms. The second kappa shape index (κ2) is 5.57. The highest BCUT2D eigenvalue weighted by Crippen LogP contribution is 2.25. The molecule has 0 saturated heterocycles. The Morgan fingerprint density at radius 1 is 1.37 bits per heavy atom. The molecule has 7 heteroatoms. The molecule has 0 unspecified atom stereocenters. The standard InChI is InChI=1S/C12H9N3O3S/c1-19-12-13-5-4-10(14-12)8-2-3-11(15(17)18)9(6-8)7-16/h2-7H,1H3. The quantitative estimate of drug-likeness (QED) is 0.280. The van der Waals surface area contributed by atoms with E-state index in [1.165, 1.54) is 23.9 Å². The summed E-state index contributed by atoms with van der Waals surface area (Å²) >= 11 is 1.40. The largest absolute Gasteiger partial charge is 0.298 e. The Morgan fingerprint density at radius 3 is 2.79 bits per heavy atom. The van der Waals surface area contributed by atoms with Crippen LogP contribution in [0.2, 0.25) is 0 Å². The maximum Gasteiger partial charge on any atom is 0.279 e. The first kappa shape index (κ1) is 13.2. The number of aromatic nitrogens is 2. The topological polar surface area (TPSA) is 86.0 Å². The van der Waals surface area contributed by atoms with Gasteiger partial charge in [-0.1, -0.05) is 11.8 Å². The minimum atomic E-state index is -0.583. The molecule has 0 radical (unpaired) electrons. The van der Waals surface area contributed by atoms with Crippen molar-refractivity contribution in [2.24, 2.45) is 0 Å². The molecule has 0 atom stereocenters. The van der Waals surface area contributed by atoms with Gasteiger partial charge in [0.1, 0.15) is 0 Å². The minimum absolute atomic E-state index is 0.0341. The van der Waals surface area contributed by atoms with Crippen molar-refractivity contribution in [1.29, 1.82) is 0 Å². The normalized spacial score (nSPS) is 10.2. The molecule has 2 rings (SSSR count). The number of nitro benzene ring substituents is 1. The maximum absolute atomic E-state index is 10.9. The summed E-state index contributed by atoms with van der Waals surface area (Å²) in [7, 11) is 0. The van der Waals surface area contributed by atoms with Crippen LogP contribution in [0.3, 0.4) is 0 Å². The molecule has 2 aromatic rings. The fraction of sp³-hybridized carbons (Fsp3) is 0.0833. The first-order valence-electron chi connectivity index (χ1n) is 5.26. The van der Waals surface area contributed by atoms with Gasteiger partial charge in [0, 0.05) is 17.8 Å². The molecular formula is C12H9N3O3S. The molecule has 0 aliphatic heterocycles. The smallest absolute Gasteiger partial charge is 0.279 e. The summed E-state index contributed by atoms with van der Waals surface area (Å²) in [6.45, 7) is 0. The number of hydrogen-bond donors (Lipinski definition) is 0. The zero-order valence-electron chi connectivity index (χ0n) is 9.94. The number of hydrogen-bond acceptors (Lipinski definition) is 6. The zero-order chi connectivity index (χ0) is 13.8. The first-order chi connectivity index (χ1) is 9.15. The van der Waals surface area contributed by atoms with E-state index in [4.69, 9.17) is 0 Å². The van der Waals surface area contributed by atoms with Crippen LogP contribution >= 0.6 is 11.8 Å². The van der Waals surface area contributed by atoms with Crippen molar-refractivity contribution in [2.75, 3.05) is 6.26 Å². The molecule has 6 nitrogen and oxygen atoms in total. The van der Waals surface area contributed by atoms with Crippen LogP contribution in [0.5, 0.6) is 0 Å². The lowest BCUT2D eigenvalue weighted by atomic mass is 10.1. The lowest BCUT2D eigenvalue weighted by Gasteiger charge is -2.03. The van der Waals surface area contributed by atoms with Gasteiger partial charge in [-0.15, -0.1) is 0 Å². The summed E-state index contributed by atoms with van der Waals surface area (Å²) in [5, 5.41) is 11.3. The summed E-state index contributed by atoms with van der Waals surface area (Å²) in [6.07, 6.45) is 3.93. The zero-order valence-corrected chi connectivity index (χ0v) is 10.8. The van der Waals surface area contributed by atoms with Crippen LogP contribution in [-0.4, -0.2) is 27.4 Å². The van der Waals surface area contributed by atoms with E-state index >= 15 is 0 Å². The van der Waals surface area contributed by atoms with Crippen LogP contribution in [-0.2, 0) is 0 Å². The summed E-state index contributed by atoms with van der Waals surface area (Å²) in [5.74, 6) is 0. The molecular weight excluding hydrogens is 266 g/mol. The number of rotatable bonds is 4. The van der Waals surface area contributed by atoms with Gasteiger partial charge < -0.3 is 0 Å². The molecule has 0 saturated carbocycles. The van der Waals surface area contributed by atoms with E-state index in [2.05, 4.69) is 9.97 Å². The van der Waals surface area contributed by atoms with Gasteiger partial charge in [0.2, 0.25) is 0 Å². The van der Waals surface area contributed by atoms with Gasteiger partial charge in [-0.3, -0.25) is 14.9 Å². The van der Waals surface area contributed by atoms with Crippen molar-refractivity contribution in [1.82, 2.24) is 9.97 Å². The number of nitro groups is 1. The summed E-state index contributed by atoms with van der Waals surface area (Å²) in [5.41, 5.74) is 1.09. The van der Waals surface area contributed by atoms with Crippen molar-refractivity contribution in [2.45, 2.75) is 5.16 Å². The van der Waals surface area contributed by atoms with E-state index in [1.807, 2.05) is 6.26 Å². The van der Waals surface area contributed by atoms with Gasteiger partial charge in [-0.2, -0.15) is 0 Å². The molecule has 0 bridgehead atoms. The molecule has 1 aromatic heterocycles. The van der Waals surface area contributed by atoms with Gasteiger partial charge in [-0.05, 0) is 24.5 Å². The summed E-state index contributed by atoms with van der Waals surface area (Å²) in [6, 6.07) is 6.02. The minimum Gasteiger partial charge on any atom is -0.298 e. The predicted molar refractivity (Wildman–Crippen MR) is 71.3 cm³/mol. The third kappa shape index (κ3) is 2.76. The maximum atomic E-state index is 10.9. The van der Waals surface area contributed by atoms with E-state index in [0.29, 0.717) is 22.7 Å². The van der Waals surface area contributed by atoms with E-state index in [-0.39, 0.29) is 11.3 Å². The fourth-order valence-corrected chi connectivity index (χ4v) is 1.93. The average Bonchev–Trinajstić information content (AvgIpc) is 2.46. The van der Waals surface area contributed by atoms with Crippen LogP contribution < -0.4 is 0 Å². The Hall–Kier alpha value is -2.28. The van der Waals surface area contributed by atoms with E-state index in [9.17, 15) is 14.9 Å². The average molecular weight is 275 g/mol. The molecule has 19 heavy (non-hydrogen) atoms. The lowest BCUT2D eigenvalue weighted by molar-refractivity contribution is -0.385. The van der Waals surface area contributed by atoms with Crippen molar-refractivity contribution in [3.8, 4) is 11.3 Å². The van der Waals surface area contributed by atoms with Crippen LogP contribution in [0.1, 0.15) is 10.4 Å². The highest BCUT2D eigenvalue weighted by atomic mass is 32.2. The molecule has 0 amide bonds. The Bertz CT molecular complexity index is 646. The Balaban J connectivity index is 2.51. The fourth-order valence-electron chi connectivity index (χ4n) is 1.57. The third-order valence-electron chi connectivity index (χ3n) is 2.46. The van der Waals surface area contributed by atoms with E-state index in [0.717, 1.165) is 0 Å². The number of carbonyl (C=O) groups is 1. The van der Waals surface area contributed by atoms with Crippen LogP contribution in [0, 0.1) is 10.1 Å². The van der Waals surface area contributed by atoms with E-state index in [1.54, 1.807) is 18.3 Å². The number of thioether (sulfide) groups is 1. The van der Waals surface area contributed by atoms with Crippen molar-refractivity contribution >= 4 is 23.7 Å². The molecule has 0 aliphatic carbocycles. The molecule has 1 aromatic carbocycles. The van der Waals surface area contributed by atoms with Gasteiger partial charge in [0.25, 0.3) is 5.69 Å². The molecule has 0 N–H and O–H groups in total. The van der Waals surface area contributed by atoms with Gasteiger partial charge in [0.15, 0.2) is 11.4 Å². The van der Waals surface area contributed by atoms with Gasteiger partial charge in [0.05, 0.1) is 16.2 Å². The monoisotopic (exact) mass is 275 g/mol. The Labute approximate surface area is 113 Å². The SMILES string of the molecule is CSc1nccc(-c2ccc([N+](=O)[O-])c(C=O)c2)n1. The molecule has 96 valence electrons.